The van der Waals surface area contributed by atoms with Crippen LogP contribution >= 0.6 is 0 Å². The highest BCUT2D eigenvalue weighted by Crippen LogP contribution is 2.49. The Hall–Kier alpha value is -0.0800. The molecule has 2 nitrogen and oxygen atoms in total. The van der Waals surface area contributed by atoms with Crippen molar-refractivity contribution in [3.8, 4) is 0 Å². The maximum atomic E-state index is 5.30. The first-order valence-electron chi connectivity index (χ1n) is 3.67. The minimum Gasteiger partial charge on any atom is -0.346 e. The number of epoxide rings is 1. The summed E-state index contributed by atoms with van der Waals surface area (Å²) in [5.41, 5.74) is 0.218. The summed E-state index contributed by atoms with van der Waals surface area (Å²) in [6.45, 7) is 3.05. The Morgan fingerprint density at radius 2 is 2.56 bits per heavy atom. The lowest BCUT2D eigenvalue weighted by Crippen LogP contribution is -2.33. The van der Waals surface area contributed by atoms with Crippen LogP contribution in [0, 0.1) is 0 Å². The Bertz CT molecular complexity index is 120. The Morgan fingerprint density at radius 1 is 1.67 bits per heavy atom. The summed E-state index contributed by atoms with van der Waals surface area (Å²) in [5, 5.41) is 0. The highest BCUT2D eigenvalue weighted by molar-refractivity contribution is 5.04. The third-order valence-corrected chi connectivity index (χ3v) is 2.15. The van der Waals surface area contributed by atoms with Gasteiger partial charge in [0, 0.05) is 0 Å². The monoisotopic (exact) mass is 128 g/mol. The number of fused-ring (bicyclic) bond motifs is 1. The number of unbranched alkanes of at least 4 members (excludes halogenated alkanes) is 1. The van der Waals surface area contributed by atoms with Gasteiger partial charge in [0.25, 0.3) is 0 Å². The third-order valence-electron chi connectivity index (χ3n) is 2.15. The Labute approximate surface area is 55.1 Å². The first-order valence-corrected chi connectivity index (χ1v) is 3.67. The molecule has 0 bridgehead atoms. The van der Waals surface area contributed by atoms with E-state index in [2.05, 4.69) is 6.92 Å². The number of rotatable bonds is 3. The molecule has 52 valence electrons. The fourth-order valence-electron chi connectivity index (χ4n) is 1.31. The zero-order valence-electron chi connectivity index (χ0n) is 5.72. The average molecular weight is 128 g/mol. The minimum absolute atomic E-state index is 0.198. The minimum atomic E-state index is 0.198. The summed E-state index contributed by atoms with van der Waals surface area (Å²) in [4.78, 5) is 0. The summed E-state index contributed by atoms with van der Waals surface area (Å²) in [5.74, 6) is 0. The second-order valence-electron chi connectivity index (χ2n) is 2.93. The molecule has 0 aromatic rings. The van der Waals surface area contributed by atoms with E-state index in [0.29, 0.717) is 0 Å². The molecule has 0 spiro atoms. The van der Waals surface area contributed by atoms with Crippen molar-refractivity contribution in [2.75, 3.05) is 6.61 Å². The normalized spacial score (nSPS) is 45.7. The number of ether oxygens (including phenoxy) is 2. The van der Waals surface area contributed by atoms with Crippen LogP contribution in [0.4, 0.5) is 0 Å². The molecule has 0 aliphatic carbocycles. The molecule has 2 atom stereocenters. The molecule has 2 heterocycles. The van der Waals surface area contributed by atoms with Gasteiger partial charge in [-0.1, -0.05) is 19.8 Å². The van der Waals surface area contributed by atoms with Gasteiger partial charge < -0.3 is 9.47 Å². The summed E-state index contributed by atoms with van der Waals surface area (Å²) in [6.07, 6.45) is 3.94. The lowest BCUT2D eigenvalue weighted by atomic mass is 10.0. The summed E-state index contributed by atoms with van der Waals surface area (Å²) in [7, 11) is 0. The molecular formula is C7H12O2. The standard InChI is InChI=1S/C7H12O2/c1-2-3-4-7-5-8-6(7)9-7/h6H,2-5H2,1H3. The molecule has 0 amide bonds. The number of hydrogen-bond donors (Lipinski definition) is 0. The Balaban J connectivity index is 1.75. The van der Waals surface area contributed by atoms with Gasteiger partial charge in [-0.25, -0.2) is 0 Å². The summed E-state index contributed by atoms with van der Waals surface area (Å²) < 4.78 is 10.4. The predicted octanol–water partition coefficient (Wildman–Crippen LogP) is 1.30. The van der Waals surface area contributed by atoms with Gasteiger partial charge >= 0.3 is 0 Å². The zero-order valence-corrected chi connectivity index (χ0v) is 5.72. The molecule has 0 aromatic carbocycles. The molecular weight excluding hydrogens is 116 g/mol. The van der Waals surface area contributed by atoms with E-state index in [1.54, 1.807) is 0 Å². The van der Waals surface area contributed by atoms with E-state index < -0.39 is 0 Å². The van der Waals surface area contributed by atoms with E-state index in [0.717, 1.165) is 6.61 Å². The molecule has 2 heteroatoms. The Morgan fingerprint density at radius 3 is 2.89 bits per heavy atom. The van der Waals surface area contributed by atoms with E-state index in [9.17, 15) is 0 Å². The lowest BCUT2D eigenvalue weighted by Gasteiger charge is -2.18. The van der Waals surface area contributed by atoms with Crippen LogP contribution in [0.25, 0.3) is 0 Å². The maximum Gasteiger partial charge on any atom is 0.190 e. The van der Waals surface area contributed by atoms with E-state index in [4.69, 9.17) is 9.47 Å². The quantitative estimate of drug-likeness (QED) is 0.534. The molecule has 9 heavy (non-hydrogen) atoms. The molecule has 0 saturated carbocycles. The van der Waals surface area contributed by atoms with Crippen molar-refractivity contribution < 1.29 is 9.47 Å². The highest BCUT2D eigenvalue weighted by atomic mass is 16.8. The topological polar surface area (TPSA) is 21.8 Å². The third kappa shape index (κ3) is 0.700. The van der Waals surface area contributed by atoms with Crippen molar-refractivity contribution in [3.63, 3.8) is 0 Å². The van der Waals surface area contributed by atoms with Gasteiger partial charge in [0.1, 0.15) is 5.60 Å². The molecule has 2 aliphatic heterocycles. The number of hydrogen-bond acceptors (Lipinski definition) is 2. The van der Waals surface area contributed by atoms with Crippen molar-refractivity contribution in [2.24, 2.45) is 0 Å². The van der Waals surface area contributed by atoms with Gasteiger partial charge in [-0.15, -0.1) is 0 Å². The van der Waals surface area contributed by atoms with Crippen LogP contribution in [0.15, 0.2) is 0 Å². The first-order chi connectivity index (χ1) is 4.37. The van der Waals surface area contributed by atoms with Crippen LogP contribution in [0.3, 0.4) is 0 Å². The first kappa shape index (κ1) is 5.69. The smallest absolute Gasteiger partial charge is 0.190 e. The zero-order chi connectivity index (χ0) is 6.32. The van der Waals surface area contributed by atoms with Crippen LogP contribution < -0.4 is 0 Å². The van der Waals surface area contributed by atoms with Crippen LogP contribution in [-0.4, -0.2) is 18.5 Å². The van der Waals surface area contributed by atoms with Gasteiger partial charge in [-0.05, 0) is 6.42 Å². The highest BCUT2D eigenvalue weighted by Gasteiger charge is 2.65. The van der Waals surface area contributed by atoms with Gasteiger partial charge in [-0.3, -0.25) is 0 Å². The van der Waals surface area contributed by atoms with Crippen LogP contribution in [0.5, 0.6) is 0 Å². The molecule has 2 rings (SSSR count). The Kier molecular flexibility index (Phi) is 1.08. The second-order valence-corrected chi connectivity index (χ2v) is 2.93. The molecule has 2 aliphatic rings. The van der Waals surface area contributed by atoms with Crippen molar-refractivity contribution >= 4 is 0 Å². The molecule has 2 unspecified atom stereocenters. The molecule has 0 aromatic heterocycles. The lowest BCUT2D eigenvalue weighted by molar-refractivity contribution is -0.00224. The van der Waals surface area contributed by atoms with E-state index in [1.807, 2.05) is 0 Å². The predicted molar refractivity (Wildman–Crippen MR) is 33.1 cm³/mol. The fourth-order valence-corrected chi connectivity index (χ4v) is 1.31. The van der Waals surface area contributed by atoms with Crippen LogP contribution in [0.2, 0.25) is 0 Å². The second kappa shape index (κ2) is 1.70. The van der Waals surface area contributed by atoms with Gasteiger partial charge in [0.2, 0.25) is 0 Å². The summed E-state index contributed by atoms with van der Waals surface area (Å²) in [6, 6.07) is 0. The SMILES string of the molecule is CCCCC12COC1O2. The van der Waals surface area contributed by atoms with Gasteiger partial charge in [0.05, 0.1) is 6.61 Å². The van der Waals surface area contributed by atoms with Crippen LogP contribution in [0.1, 0.15) is 26.2 Å². The van der Waals surface area contributed by atoms with Crippen molar-refractivity contribution in [3.05, 3.63) is 0 Å². The van der Waals surface area contributed by atoms with Crippen molar-refractivity contribution in [1.29, 1.82) is 0 Å². The van der Waals surface area contributed by atoms with Gasteiger partial charge in [-0.2, -0.15) is 0 Å². The average Bonchev–Trinajstić information content (AvgIpc) is 2.34. The molecule has 2 saturated heterocycles. The maximum absolute atomic E-state index is 5.30. The molecule has 0 N–H and O–H groups in total. The fraction of sp³-hybridized carbons (Fsp3) is 1.00. The van der Waals surface area contributed by atoms with Crippen molar-refractivity contribution in [2.45, 2.75) is 38.1 Å². The van der Waals surface area contributed by atoms with E-state index in [-0.39, 0.29) is 11.9 Å². The largest absolute Gasteiger partial charge is 0.346 e. The van der Waals surface area contributed by atoms with Crippen molar-refractivity contribution in [1.82, 2.24) is 0 Å². The molecule has 0 radical (unpaired) electrons. The van der Waals surface area contributed by atoms with E-state index in [1.165, 1.54) is 19.3 Å². The van der Waals surface area contributed by atoms with Gasteiger partial charge in [0.15, 0.2) is 6.29 Å². The van der Waals surface area contributed by atoms with E-state index >= 15 is 0 Å². The van der Waals surface area contributed by atoms with Crippen LogP contribution in [-0.2, 0) is 9.47 Å². The molecule has 2 fully saturated rings. The summed E-state index contributed by atoms with van der Waals surface area (Å²) >= 11 is 0.